The van der Waals surface area contributed by atoms with E-state index in [-0.39, 0.29) is 35.7 Å². The van der Waals surface area contributed by atoms with Crippen LogP contribution < -0.4 is 0 Å². The van der Waals surface area contributed by atoms with Crippen LogP contribution >= 0.6 is 0 Å². The van der Waals surface area contributed by atoms with E-state index in [0.717, 1.165) is 46.5 Å². The van der Waals surface area contributed by atoms with Gasteiger partial charge in [-0.2, -0.15) is 0 Å². The topological polar surface area (TPSA) is 66.6 Å². The number of aromatic nitrogens is 4. The van der Waals surface area contributed by atoms with Gasteiger partial charge >= 0.3 is 0 Å². The Kier molecular flexibility index (Phi) is 9.87. The van der Waals surface area contributed by atoms with Crippen molar-refractivity contribution < 1.29 is 13.5 Å². The van der Waals surface area contributed by atoms with E-state index in [1.165, 1.54) is 24.3 Å². The van der Waals surface area contributed by atoms with Crippen LogP contribution in [0.15, 0.2) is 134 Å². The van der Waals surface area contributed by atoms with E-state index in [9.17, 15) is 8.78 Å². The third-order valence-corrected chi connectivity index (χ3v) is 8.37. The Labute approximate surface area is 262 Å². The van der Waals surface area contributed by atoms with Crippen LogP contribution in [0.1, 0.15) is 58.3 Å². The first-order chi connectivity index (χ1) is 22.1. The number of rotatable bonds is 14. The fourth-order valence-corrected chi connectivity index (χ4v) is 6.19. The smallest absolute Gasteiger partial charge is 0.123 e. The number of hydrogen-bond acceptors (Lipinski definition) is 3. The molecular formula is C38H36F2N4O. The molecule has 45 heavy (non-hydrogen) atoms. The van der Waals surface area contributed by atoms with Gasteiger partial charge in [0.1, 0.15) is 11.6 Å². The van der Waals surface area contributed by atoms with Gasteiger partial charge in [0.05, 0.1) is 24.9 Å². The largest absolute Gasteiger partial charge is 0.373 e. The molecule has 0 aliphatic heterocycles. The standard InChI is InChI=1S/C38H36F2N4O/c39-31-15-11-29(12-16-31)37(27-7-3-1-4-8-27)35(21-19-33-23-41-25-43-33)45-36(22-20-34-24-42-26-44-34)38(28-9-5-2-6-10-28)30-13-17-32(40)18-14-30/h1-18,23-26,35-38H,19-22H2,(H,41,43)(H,42,44). The molecular weight excluding hydrogens is 566 g/mol. The van der Waals surface area contributed by atoms with Gasteiger partial charge in [-0.05, 0) is 72.2 Å². The van der Waals surface area contributed by atoms with Crippen LogP contribution in [0, 0.1) is 11.6 Å². The summed E-state index contributed by atoms with van der Waals surface area (Å²) < 4.78 is 35.7. The summed E-state index contributed by atoms with van der Waals surface area (Å²) >= 11 is 0. The van der Waals surface area contributed by atoms with Crippen molar-refractivity contribution in [1.82, 2.24) is 19.9 Å². The van der Waals surface area contributed by atoms with E-state index in [0.29, 0.717) is 12.8 Å². The maximum atomic E-state index is 14.2. The third-order valence-electron chi connectivity index (χ3n) is 8.37. The molecule has 6 aromatic rings. The number of hydrogen-bond donors (Lipinski definition) is 2. The molecule has 6 rings (SSSR count). The molecule has 4 unspecified atom stereocenters. The van der Waals surface area contributed by atoms with Crippen molar-refractivity contribution in [2.24, 2.45) is 0 Å². The summed E-state index contributed by atoms with van der Waals surface area (Å²) in [5.74, 6) is -0.903. The fourth-order valence-electron chi connectivity index (χ4n) is 6.19. The average molecular weight is 603 g/mol. The first-order valence-corrected chi connectivity index (χ1v) is 15.3. The van der Waals surface area contributed by atoms with Gasteiger partial charge < -0.3 is 14.7 Å². The minimum absolute atomic E-state index is 0.172. The lowest BCUT2D eigenvalue weighted by Gasteiger charge is -2.36. The third kappa shape index (κ3) is 7.80. The lowest BCUT2D eigenvalue weighted by atomic mass is 9.82. The van der Waals surface area contributed by atoms with Crippen LogP contribution in [0.5, 0.6) is 0 Å². The number of aryl methyl sites for hydroxylation is 2. The molecule has 0 aliphatic carbocycles. The predicted octanol–water partition coefficient (Wildman–Crippen LogP) is 8.39. The Morgan fingerprint density at radius 1 is 0.511 bits per heavy atom. The first kappa shape index (κ1) is 30.2. The van der Waals surface area contributed by atoms with Crippen LogP contribution in [-0.4, -0.2) is 32.1 Å². The molecule has 2 heterocycles. The van der Waals surface area contributed by atoms with Crippen LogP contribution in [-0.2, 0) is 17.6 Å². The Balaban J connectivity index is 1.44. The molecule has 0 bridgehead atoms. The molecule has 4 aromatic carbocycles. The first-order valence-electron chi connectivity index (χ1n) is 15.3. The molecule has 0 radical (unpaired) electrons. The van der Waals surface area contributed by atoms with E-state index in [1.807, 2.05) is 73.1 Å². The van der Waals surface area contributed by atoms with Crippen molar-refractivity contribution in [3.8, 4) is 0 Å². The Bertz CT molecular complexity index is 1560. The minimum Gasteiger partial charge on any atom is -0.373 e. The van der Waals surface area contributed by atoms with E-state index in [1.54, 1.807) is 12.7 Å². The van der Waals surface area contributed by atoms with E-state index >= 15 is 0 Å². The zero-order valence-corrected chi connectivity index (χ0v) is 24.9. The summed E-state index contributed by atoms with van der Waals surface area (Å²) in [5.41, 5.74) is 6.15. The maximum Gasteiger partial charge on any atom is 0.123 e. The molecule has 0 amide bonds. The predicted molar refractivity (Wildman–Crippen MR) is 172 cm³/mol. The summed E-state index contributed by atoms with van der Waals surface area (Å²) in [4.78, 5) is 14.9. The maximum absolute atomic E-state index is 14.2. The second kappa shape index (κ2) is 14.7. The molecule has 0 aliphatic rings. The second-order valence-electron chi connectivity index (χ2n) is 11.3. The summed E-state index contributed by atoms with van der Waals surface area (Å²) in [6.45, 7) is 0. The highest BCUT2D eigenvalue weighted by atomic mass is 19.1. The average Bonchev–Trinajstić information content (AvgIpc) is 3.80. The molecule has 5 nitrogen and oxygen atoms in total. The lowest BCUT2D eigenvalue weighted by Crippen LogP contribution is -2.34. The number of halogens is 2. The molecule has 0 fully saturated rings. The van der Waals surface area contributed by atoms with Gasteiger partial charge in [0, 0.05) is 35.6 Å². The quantitative estimate of drug-likeness (QED) is 0.132. The molecule has 7 heteroatoms. The monoisotopic (exact) mass is 602 g/mol. The summed E-state index contributed by atoms with van der Waals surface area (Å²) in [6, 6.07) is 34.0. The number of imidazole rings is 2. The SMILES string of the molecule is Fc1ccc(C(c2ccccc2)C(CCc2cnc[nH]2)OC(CCc2cnc[nH]2)C(c2ccccc2)c2ccc(F)cc2)cc1. The van der Waals surface area contributed by atoms with E-state index in [4.69, 9.17) is 4.74 Å². The number of H-pyrrole nitrogens is 2. The summed E-state index contributed by atoms with van der Waals surface area (Å²) in [5, 5.41) is 0. The van der Waals surface area contributed by atoms with E-state index in [2.05, 4.69) is 44.2 Å². The fraction of sp³-hybridized carbons (Fsp3) is 0.211. The zero-order chi connectivity index (χ0) is 30.8. The van der Waals surface area contributed by atoms with E-state index < -0.39 is 0 Å². The number of benzene rings is 4. The molecule has 0 spiro atoms. The Morgan fingerprint density at radius 3 is 1.24 bits per heavy atom. The lowest BCUT2D eigenvalue weighted by molar-refractivity contribution is -0.0358. The van der Waals surface area contributed by atoms with Gasteiger partial charge in [-0.25, -0.2) is 18.7 Å². The zero-order valence-electron chi connectivity index (χ0n) is 24.9. The highest BCUT2D eigenvalue weighted by molar-refractivity contribution is 5.36. The van der Waals surface area contributed by atoms with Crippen molar-refractivity contribution in [2.75, 3.05) is 0 Å². The molecule has 4 atom stereocenters. The Morgan fingerprint density at radius 2 is 0.889 bits per heavy atom. The number of aromatic amines is 2. The van der Waals surface area contributed by atoms with Crippen molar-refractivity contribution >= 4 is 0 Å². The molecule has 2 aromatic heterocycles. The van der Waals surface area contributed by atoms with Crippen LogP contribution in [0.3, 0.4) is 0 Å². The van der Waals surface area contributed by atoms with Gasteiger partial charge in [0.2, 0.25) is 0 Å². The number of ether oxygens (including phenoxy) is 1. The second-order valence-corrected chi connectivity index (χ2v) is 11.3. The van der Waals surface area contributed by atoms with Gasteiger partial charge in [-0.15, -0.1) is 0 Å². The van der Waals surface area contributed by atoms with Crippen molar-refractivity contribution in [3.63, 3.8) is 0 Å². The molecule has 0 saturated heterocycles. The van der Waals surface area contributed by atoms with Gasteiger partial charge in [0.25, 0.3) is 0 Å². The summed E-state index contributed by atoms with van der Waals surface area (Å²) in [6.07, 6.45) is 9.28. The minimum atomic E-state index is -0.292. The molecule has 2 N–H and O–H groups in total. The van der Waals surface area contributed by atoms with Gasteiger partial charge in [0.15, 0.2) is 0 Å². The number of nitrogens with zero attached hydrogens (tertiary/aromatic N) is 2. The Hall–Kier alpha value is -4.88. The van der Waals surface area contributed by atoms with Crippen molar-refractivity contribution in [1.29, 1.82) is 0 Å². The molecule has 228 valence electrons. The highest BCUT2D eigenvalue weighted by Gasteiger charge is 2.33. The van der Waals surface area contributed by atoms with Gasteiger partial charge in [-0.1, -0.05) is 84.9 Å². The van der Waals surface area contributed by atoms with Crippen LogP contribution in [0.2, 0.25) is 0 Å². The van der Waals surface area contributed by atoms with Crippen molar-refractivity contribution in [3.05, 3.63) is 180 Å². The van der Waals surface area contributed by atoms with Crippen molar-refractivity contribution in [2.45, 2.75) is 49.7 Å². The summed E-state index contributed by atoms with van der Waals surface area (Å²) in [7, 11) is 0. The highest BCUT2D eigenvalue weighted by Crippen LogP contribution is 2.38. The molecule has 0 saturated carbocycles. The number of nitrogens with one attached hydrogen (secondary N) is 2. The van der Waals surface area contributed by atoms with Crippen LogP contribution in [0.25, 0.3) is 0 Å². The van der Waals surface area contributed by atoms with Crippen LogP contribution in [0.4, 0.5) is 8.78 Å². The van der Waals surface area contributed by atoms with Gasteiger partial charge in [-0.3, -0.25) is 0 Å². The normalized spacial score (nSPS) is 14.1.